The van der Waals surface area contributed by atoms with Crippen LogP contribution in [0.15, 0.2) is 24.3 Å². The second-order valence-electron chi connectivity index (χ2n) is 9.30. The van der Waals surface area contributed by atoms with Gasteiger partial charge in [-0.2, -0.15) is 0 Å². The molecule has 0 aromatic heterocycles. The van der Waals surface area contributed by atoms with Gasteiger partial charge in [-0.3, -0.25) is 14.5 Å². The lowest BCUT2D eigenvalue weighted by molar-refractivity contribution is -0.169. The maximum atomic E-state index is 13.1. The molecule has 29 heavy (non-hydrogen) atoms. The summed E-state index contributed by atoms with van der Waals surface area (Å²) in [7, 11) is 2.58. The van der Waals surface area contributed by atoms with Gasteiger partial charge in [-0.05, 0) is 57.6 Å². The molecule has 3 atom stereocenters. The molecular weight excluding hydrogens is 374 g/mol. The van der Waals surface area contributed by atoms with Gasteiger partial charge < -0.3 is 14.2 Å². The second kappa shape index (κ2) is 6.21. The summed E-state index contributed by atoms with van der Waals surface area (Å²) < 4.78 is 15.7. The van der Waals surface area contributed by atoms with Gasteiger partial charge in [0.1, 0.15) is 5.60 Å². The lowest BCUT2D eigenvalue weighted by atomic mass is 9.56. The van der Waals surface area contributed by atoms with Crippen molar-refractivity contribution in [3.05, 3.63) is 29.8 Å². The van der Waals surface area contributed by atoms with E-state index in [4.69, 9.17) is 14.2 Å². The van der Waals surface area contributed by atoms with Crippen molar-refractivity contribution < 1.29 is 28.6 Å². The third-order valence-corrected chi connectivity index (χ3v) is 6.74. The Morgan fingerprint density at radius 3 is 2.28 bits per heavy atom. The van der Waals surface area contributed by atoms with Gasteiger partial charge in [0.2, 0.25) is 0 Å². The van der Waals surface area contributed by atoms with E-state index < -0.39 is 34.5 Å². The Kier molecular flexibility index (Phi) is 4.23. The van der Waals surface area contributed by atoms with Crippen LogP contribution in [0.2, 0.25) is 0 Å². The average molecular weight is 401 g/mol. The zero-order valence-electron chi connectivity index (χ0n) is 17.5. The van der Waals surface area contributed by atoms with Gasteiger partial charge in [0.25, 0.3) is 0 Å². The fourth-order valence-corrected chi connectivity index (χ4v) is 5.72. The number of methoxy groups -OCH3 is 2. The number of rotatable bonds is 2. The lowest BCUT2D eigenvalue weighted by Gasteiger charge is -2.50. The van der Waals surface area contributed by atoms with Gasteiger partial charge >= 0.3 is 18.0 Å². The SMILES string of the molecule is COC(=O)C1(C(=O)OC)C[C@@H]2C[C@H]3N(C(=O)OC(C)(C)C)c4ccccc4[C@@]23C1. The summed E-state index contributed by atoms with van der Waals surface area (Å²) in [5.74, 6) is -1.06. The number of carbonyl (C=O) groups is 3. The minimum absolute atomic E-state index is 0.0827. The summed E-state index contributed by atoms with van der Waals surface area (Å²) in [5, 5.41) is 0. The Balaban J connectivity index is 1.79. The molecule has 2 saturated carbocycles. The number of benzene rings is 1. The lowest BCUT2D eigenvalue weighted by Crippen LogP contribution is -2.59. The number of hydrogen-bond donors (Lipinski definition) is 0. The molecule has 1 amide bonds. The van der Waals surface area contributed by atoms with Gasteiger partial charge in [-0.1, -0.05) is 18.2 Å². The van der Waals surface area contributed by atoms with E-state index in [-0.39, 0.29) is 18.4 Å². The predicted octanol–water partition coefficient (Wildman–Crippen LogP) is 3.19. The highest BCUT2D eigenvalue weighted by Gasteiger charge is 2.75. The number of esters is 2. The normalized spacial score (nSPS) is 28.5. The van der Waals surface area contributed by atoms with Crippen LogP contribution in [0, 0.1) is 11.3 Å². The monoisotopic (exact) mass is 401 g/mol. The number of nitrogens with zero attached hydrogens (tertiary/aromatic N) is 1. The summed E-state index contributed by atoms with van der Waals surface area (Å²) in [4.78, 5) is 40.2. The van der Waals surface area contributed by atoms with Crippen molar-refractivity contribution in [1.29, 1.82) is 0 Å². The molecule has 7 heteroatoms. The highest BCUT2D eigenvalue weighted by atomic mass is 16.6. The van der Waals surface area contributed by atoms with Crippen molar-refractivity contribution in [3.63, 3.8) is 0 Å². The van der Waals surface area contributed by atoms with E-state index in [0.717, 1.165) is 11.3 Å². The molecule has 0 unspecified atom stereocenters. The van der Waals surface area contributed by atoms with Crippen molar-refractivity contribution in [2.24, 2.45) is 11.3 Å². The van der Waals surface area contributed by atoms with Crippen LogP contribution in [0.5, 0.6) is 0 Å². The van der Waals surface area contributed by atoms with Crippen molar-refractivity contribution in [1.82, 2.24) is 0 Å². The van der Waals surface area contributed by atoms with E-state index in [2.05, 4.69) is 0 Å². The maximum absolute atomic E-state index is 13.1. The molecule has 3 aliphatic rings. The van der Waals surface area contributed by atoms with Gasteiger partial charge in [-0.15, -0.1) is 0 Å². The Morgan fingerprint density at radius 2 is 1.69 bits per heavy atom. The van der Waals surface area contributed by atoms with E-state index in [9.17, 15) is 14.4 Å². The van der Waals surface area contributed by atoms with Crippen LogP contribution >= 0.6 is 0 Å². The molecule has 0 radical (unpaired) electrons. The Bertz CT molecular complexity index is 872. The molecule has 0 bridgehead atoms. The minimum atomic E-state index is -1.35. The van der Waals surface area contributed by atoms with Gasteiger partial charge in [0.05, 0.1) is 25.9 Å². The highest BCUT2D eigenvalue weighted by molar-refractivity contribution is 6.02. The largest absolute Gasteiger partial charge is 0.468 e. The van der Waals surface area contributed by atoms with E-state index in [1.54, 1.807) is 4.90 Å². The molecule has 4 rings (SSSR count). The second-order valence-corrected chi connectivity index (χ2v) is 9.30. The molecule has 156 valence electrons. The fourth-order valence-electron chi connectivity index (χ4n) is 5.72. The third-order valence-electron chi connectivity index (χ3n) is 6.74. The zero-order valence-corrected chi connectivity index (χ0v) is 17.5. The molecule has 7 nitrogen and oxygen atoms in total. The van der Waals surface area contributed by atoms with Crippen LogP contribution in [-0.4, -0.2) is 43.9 Å². The van der Waals surface area contributed by atoms with Crippen molar-refractivity contribution in [2.45, 2.75) is 57.1 Å². The molecule has 2 aliphatic carbocycles. The van der Waals surface area contributed by atoms with E-state index in [0.29, 0.717) is 12.8 Å². The van der Waals surface area contributed by atoms with Crippen LogP contribution in [0.25, 0.3) is 0 Å². The average Bonchev–Trinajstić information content (AvgIpc) is 3.06. The van der Waals surface area contributed by atoms with Crippen molar-refractivity contribution in [3.8, 4) is 0 Å². The maximum Gasteiger partial charge on any atom is 0.415 e. The molecule has 2 fully saturated rings. The zero-order chi connectivity index (χ0) is 21.2. The number of carbonyl (C=O) groups excluding carboxylic acids is 3. The Labute approximate surface area is 170 Å². The van der Waals surface area contributed by atoms with Gasteiger partial charge in [-0.25, -0.2) is 4.79 Å². The molecule has 1 heterocycles. The molecule has 1 spiro atoms. The van der Waals surface area contributed by atoms with Crippen LogP contribution in [0.4, 0.5) is 10.5 Å². The van der Waals surface area contributed by atoms with E-state index in [1.807, 2.05) is 45.0 Å². The number of fused-ring (bicyclic) bond motifs is 1. The number of hydrogen-bond acceptors (Lipinski definition) is 6. The highest BCUT2D eigenvalue weighted by Crippen LogP contribution is 2.70. The first-order chi connectivity index (χ1) is 13.6. The van der Waals surface area contributed by atoms with E-state index in [1.165, 1.54) is 14.2 Å². The van der Waals surface area contributed by atoms with E-state index >= 15 is 0 Å². The molecule has 0 saturated heterocycles. The Hall–Kier alpha value is -2.57. The summed E-state index contributed by atoms with van der Waals surface area (Å²) in [6.07, 6.45) is 0.924. The first-order valence-corrected chi connectivity index (χ1v) is 9.89. The Morgan fingerprint density at radius 1 is 1.07 bits per heavy atom. The fraction of sp³-hybridized carbons (Fsp3) is 0.591. The first-order valence-electron chi connectivity index (χ1n) is 9.89. The predicted molar refractivity (Wildman–Crippen MR) is 104 cm³/mol. The summed E-state index contributed by atoms with van der Waals surface area (Å²) in [5.41, 5.74) is -0.667. The van der Waals surface area contributed by atoms with Crippen LogP contribution in [-0.2, 0) is 29.2 Å². The van der Waals surface area contributed by atoms with Crippen LogP contribution in [0.1, 0.15) is 45.6 Å². The minimum Gasteiger partial charge on any atom is -0.468 e. The van der Waals surface area contributed by atoms with Gasteiger partial charge in [0.15, 0.2) is 5.41 Å². The molecule has 1 aromatic carbocycles. The molecule has 1 aliphatic heterocycles. The smallest absolute Gasteiger partial charge is 0.415 e. The molecular formula is C22H27NO6. The standard InChI is InChI=1S/C22H27NO6/c1-20(2,3)29-19(26)23-15-9-7-6-8-14(15)22-12-21(17(24)27-4,18(25)28-5)11-13(22)10-16(22)23/h6-9,13,16H,10-12H2,1-5H3/t13-,16+,22+/m0/s1. The topological polar surface area (TPSA) is 82.1 Å². The van der Waals surface area contributed by atoms with Crippen molar-refractivity contribution in [2.75, 3.05) is 19.1 Å². The molecule has 0 N–H and O–H groups in total. The number of ether oxygens (including phenoxy) is 3. The number of anilines is 1. The van der Waals surface area contributed by atoms with Crippen LogP contribution < -0.4 is 4.90 Å². The van der Waals surface area contributed by atoms with Crippen LogP contribution in [0.3, 0.4) is 0 Å². The summed E-state index contributed by atoms with van der Waals surface area (Å²) in [6.45, 7) is 5.50. The van der Waals surface area contributed by atoms with Gasteiger partial charge in [0, 0.05) is 5.41 Å². The first kappa shape index (κ1) is 19.7. The third kappa shape index (κ3) is 2.52. The summed E-state index contributed by atoms with van der Waals surface area (Å²) in [6, 6.07) is 7.55. The number of amides is 1. The van der Waals surface area contributed by atoms with Crippen molar-refractivity contribution >= 4 is 23.7 Å². The molecule has 1 aromatic rings. The quantitative estimate of drug-likeness (QED) is 0.430. The summed E-state index contributed by atoms with van der Waals surface area (Å²) >= 11 is 0. The number of para-hydroxylation sites is 1.